The number of carboxylic acid groups (broad SMARTS) is 1. The summed E-state index contributed by atoms with van der Waals surface area (Å²) in [6.07, 6.45) is 3.75. The van der Waals surface area contributed by atoms with Gasteiger partial charge in [-0.1, -0.05) is 18.2 Å². The van der Waals surface area contributed by atoms with E-state index in [-0.39, 0.29) is 11.8 Å². The van der Waals surface area contributed by atoms with Crippen molar-refractivity contribution in [1.82, 2.24) is 9.88 Å². The molecule has 0 aliphatic carbocycles. The van der Waals surface area contributed by atoms with E-state index in [1.54, 1.807) is 23.8 Å². The van der Waals surface area contributed by atoms with Gasteiger partial charge >= 0.3 is 5.97 Å². The summed E-state index contributed by atoms with van der Waals surface area (Å²) in [4.78, 5) is 30.5. The molecule has 1 aliphatic heterocycles. The fraction of sp³-hybridized carbons (Fsp3) is 0.353. The van der Waals surface area contributed by atoms with Crippen molar-refractivity contribution in [3.63, 3.8) is 0 Å². The molecule has 1 amide bonds. The Morgan fingerprint density at radius 2 is 2.00 bits per heavy atom. The largest absolute Gasteiger partial charge is 0.478 e. The van der Waals surface area contributed by atoms with Crippen LogP contribution in [-0.4, -0.2) is 40.0 Å². The van der Waals surface area contributed by atoms with Crippen LogP contribution in [0.2, 0.25) is 0 Å². The molecule has 0 saturated carbocycles. The number of carboxylic acids is 1. The van der Waals surface area contributed by atoms with Crippen LogP contribution in [0.25, 0.3) is 0 Å². The fourth-order valence-corrected chi connectivity index (χ4v) is 3.66. The van der Waals surface area contributed by atoms with E-state index in [9.17, 15) is 14.7 Å². The first-order chi connectivity index (χ1) is 11.1. The number of aromatic carboxylic acids is 1. The smallest absolute Gasteiger partial charge is 0.335 e. The number of benzene rings is 1. The molecule has 6 heteroatoms. The van der Waals surface area contributed by atoms with E-state index in [0.717, 1.165) is 23.3 Å². The van der Waals surface area contributed by atoms with Gasteiger partial charge in [0.05, 0.1) is 17.5 Å². The molecule has 23 heavy (non-hydrogen) atoms. The molecule has 0 bridgehead atoms. The summed E-state index contributed by atoms with van der Waals surface area (Å²) >= 11 is 1.49. The van der Waals surface area contributed by atoms with Gasteiger partial charge in [-0.25, -0.2) is 4.79 Å². The number of rotatable bonds is 4. The highest BCUT2D eigenvalue weighted by atomic mass is 32.1. The molecule has 5 nitrogen and oxygen atoms in total. The van der Waals surface area contributed by atoms with E-state index < -0.39 is 5.97 Å². The van der Waals surface area contributed by atoms with Gasteiger partial charge in [-0.3, -0.25) is 9.78 Å². The Morgan fingerprint density at radius 1 is 1.26 bits per heavy atom. The second-order valence-electron chi connectivity index (χ2n) is 5.69. The van der Waals surface area contributed by atoms with Crippen molar-refractivity contribution in [2.24, 2.45) is 0 Å². The number of aromatic nitrogens is 1. The van der Waals surface area contributed by atoms with Crippen molar-refractivity contribution in [3.8, 4) is 0 Å². The van der Waals surface area contributed by atoms with Gasteiger partial charge < -0.3 is 10.0 Å². The number of amides is 1. The number of thiazole rings is 1. The van der Waals surface area contributed by atoms with Crippen molar-refractivity contribution in [2.45, 2.75) is 25.2 Å². The van der Waals surface area contributed by atoms with E-state index in [2.05, 4.69) is 4.98 Å². The van der Waals surface area contributed by atoms with Gasteiger partial charge in [-0.2, -0.15) is 0 Å². The Bertz CT molecular complexity index is 692. The van der Waals surface area contributed by atoms with E-state index in [1.165, 1.54) is 11.3 Å². The van der Waals surface area contributed by atoms with E-state index in [0.29, 0.717) is 25.1 Å². The minimum Gasteiger partial charge on any atom is -0.478 e. The van der Waals surface area contributed by atoms with Crippen LogP contribution < -0.4 is 0 Å². The predicted octanol–water partition coefficient (Wildman–Crippen LogP) is 2.79. The van der Waals surface area contributed by atoms with Gasteiger partial charge in [0.15, 0.2) is 0 Å². The van der Waals surface area contributed by atoms with Gasteiger partial charge in [-0.05, 0) is 30.4 Å². The summed E-state index contributed by atoms with van der Waals surface area (Å²) in [5.74, 6) is -0.557. The monoisotopic (exact) mass is 330 g/mol. The highest BCUT2D eigenvalue weighted by molar-refractivity contribution is 7.09. The van der Waals surface area contributed by atoms with Crippen molar-refractivity contribution in [2.75, 3.05) is 13.1 Å². The van der Waals surface area contributed by atoms with Crippen LogP contribution in [-0.2, 0) is 11.2 Å². The molecule has 1 N–H and O–H groups in total. The first-order valence-corrected chi connectivity index (χ1v) is 8.50. The van der Waals surface area contributed by atoms with Gasteiger partial charge in [0, 0.05) is 24.2 Å². The molecule has 120 valence electrons. The number of carbonyl (C=O) groups is 2. The summed E-state index contributed by atoms with van der Waals surface area (Å²) in [6, 6.07) is 7.17. The van der Waals surface area contributed by atoms with E-state index in [1.807, 2.05) is 17.0 Å². The van der Waals surface area contributed by atoms with Crippen LogP contribution in [0.5, 0.6) is 0 Å². The summed E-state index contributed by atoms with van der Waals surface area (Å²) < 4.78 is 0. The molecule has 2 heterocycles. The number of piperidine rings is 1. The van der Waals surface area contributed by atoms with Crippen LogP contribution in [0, 0.1) is 0 Å². The first kappa shape index (κ1) is 15.7. The predicted molar refractivity (Wildman–Crippen MR) is 87.8 cm³/mol. The van der Waals surface area contributed by atoms with Crippen LogP contribution in [0.3, 0.4) is 0 Å². The fourth-order valence-electron chi connectivity index (χ4n) is 3.08. The molecule has 1 fully saturated rings. The highest BCUT2D eigenvalue weighted by Gasteiger charge is 2.26. The second-order valence-corrected chi connectivity index (χ2v) is 6.66. The van der Waals surface area contributed by atoms with Crippen molar-refractivity contribution >= 4 is 23.2 Å². The molecule has 0 atom stereocenters. The lowest BCUT2D eigenvalue weighted by atomic mass is 9.86. The normalized spacial score (nSPS) is 15.6. The number of likely N-dealkylation sites (tertiary alicyclic amines) is 1. The molecule has 0 spiro atoms. The van der Waals surface area contributed by atoms with Crippen molar-refractivity contribution < 1.29 is 14.7 Å². The zero-order valence-corrected chi connectivity index (χ0v) is 13.5. The van der Waals surface area contributed by atoms with Crippen molar-refractivity contribution in [1.29, 1.82) is 0 Å². The number of carbonyl (C=O) groups excluding carboxylic acids is 1. The van der Waals surface area contributed by atoms with Gasteiger partial charge in [0.25, 0.3) is 0 Å². The van der Waals surface area contributed by atoms with Gasteiger partial charge in [0.2, 0.25) is 5.91 Å². The second kappa shape index (κ2) is 6.91. The Hall–Kier alpha value is -2.21. The van der Waals surface area contributed by atoms with Crippen LogP contribution in [0.4, 0.5) is 0 Å². The van der Waals surface area contributed by atoms with E-state index >= 15 is 0 Å². The SMILES string of the molecule is O=C(O)c1ccccc1C1CCN(C(=O)Cc2cncs2)CC1. The van der Waals surface area contributed by atoms with Crippen LogP contribution >= 0.6 is 11.3 Å². The average molecular weight is 330 g/mol. The van der Waals surface area contributed by atoms with E-state index in [4.69, 9.17) is 0 Å². The topological polar surface area (TPSA) is 70.5 Å². The van der Waals surface area contributed by atoms with Crippen LogP contribution in [0.15, 0.2) is 36.0 Å². The quantitative estimate of drug-likeness (QED) is 0.936. The molecule has 1 aromatic heterocycles. The standard InChI is InChI=1S/C17H18N2O3S/c20-16(9-13-10-18-11-23-13)19-7-5-12(6-8-19)14-3-1-2-4-15(14)17(21)22/h1-4,10-12H,5-9H2,(H,21,22). The minimum atomic E-state index is -0.885. The Morgan fingerprint density at radius 3 is 2.65 bits per heavy atom. The number of hydrogen-bond acceptors (Lipinski definition) is 4. The zero-order chi connectivity index (χ0) is 16.2. The summed E-state index contributed by atoms with van der Waals surface area (Å²) in [6.45, 7) is 1.35. The maximum Gasteiger partial charge on any atom is 0.335 e. The Labute approximate surface area is 138 Å². The van der Waals surface area contributed by atoms with Gasteiger partial charge in [-0.15, -0.1) is 11.3 Å². The summed E-state index contributed by atoms with van der Waals surface area (Å²) in [5.41, 5.74) is 2.99. The van der Waals surface area contributed by atoms with Crippen LogP contribution in [0.1, 0.15) is 39.6 Å². The lowest BCUT2D eigenvalue weighted by molar-refractivity contribution is -0.131. The minimum absolute atomic E-state index is 0.124. The zero-order valence-electron chi connectivity index (χ0n) is 12.6. The molecular weight excluding hydrogens is 312 g/mol. The molecule has 2 aromatic rings. The summed E-state index contributed by atoms with van der Waals surface area (Å²) in [5, 5.41) is 9.31. The molecular formula is C17H18N2O3S. The molecule has 3 rings (SSSR count). The lowest BCUT2D eigenvalue weighted by Gasteiger charge is -2.32. The van der Waals surface area contributed by atoms with Crippen molar-refractivity contribution in [3.05, 3.63) is 52.0 Å². The average Bonchev–Trinajstić information content (AvgIpc) is 3.08. The Balaban J connectivity index is 1.62. The molecule has 1 aliphatic rings. The third kappa shape index (κ3) is 3.59. The third-order valence-electron chi connectivity index (χ3n) is 4.29. The maximum absolute atomic E-state index is 12.3. The molecule has 1 aromatic carbocycles. The lowest BCUT2D eigenvalue weighted by Crippen LogP contribution is -2.38. The molecule has 1 saturated heterocycles. The third-order valence-corrected chi connectivity index (χ3v) is 5.07. The maximum atomic E-state index is 12.3. The summed E-state index contributed by atoms with van der Waals surface area (Å²) in [7, 11) is 0. The number of hydrogen-bond donors (Lipinski definition) is 1. The molecule has 0 unspecified atom stereocenters. The first-order valence-electron chi connectivity index (χ1n) is 7.62. The molecule has 0 radical (unpaired) electrons. The highest BCUT2D eigenvalue weighted by Crippen LogP contribution is 2.30. The Kier molecular flexibility index (Phi) is 4.71. The number of nitrogens with zero attached hydrogens (tertiary/aromatic N) is 2. The van der Waals surface area contributed by atoms with Gasteiger partial charge in [0.1, 0.15) is 0 Å².